The van der Waals surface area contributed by atoms with E-state index in [1.807, 2.05) is 6.92 Å². The van der Waals surface area contributed by atoms with Gasteiger partial charge in [-0.3, -0.25) is 0 Å². The molecule has 1 aromatic heterocycles. The monoisotopic (exact) mass is 194 g/mol. The summed E-state index contributed by atoms with van der Waals surface area (Å²) >= 11 is 0. The first-order valence-electron chi connectivity index (χ1n) is 4.92. The predicted octanol–water partition coefficient (Wildman–Crippen LogP) is 1.60. The molecule has 0 unspecified atom stereocenters. The number of anilines is 2. The van der Waals surface area contributed by atoms with E-state index in [0.29, 0.717) is 12.0 Å². The third-order valence-electron chi connectivity index (χ3n) is 2.20. The number of hydrogen-bond donors (Lipinski definition) is 1. The van der Waals surface area contributed by atoms with E-state index in [1.54, 1.807) is 6.20 Å². The standard InChI is InChI=1S/C10H18N4/c1-5-14(7(2)3)9-8(4)6-12-10(11)13-9/h6-7H,5H2,1-4H3,(H2,11,12,13). The highest BCUT2D eigenvalue weighted by molar-refractivity contribution is 5.48. The topological polar surface area (TPSA) is 55.0 Å². The SMILES string of the molecule is CCN(c1nc(N)ncc1C)C(C)C. The number of aryl methyl sites for hydroxylation is 1. The van der Waals surface area contributed by atoms with Crippen LogP contribution in [0.3, 0.4) is 0 Å². The lowest BCUT2D eigenvalue weighted by molar-refractivity contribution is 0.690. The fraction of sp³-hybridized carbons (Fsp3) is 0.600. The Morgan fingerprint density at radius 3 is 2.64 bits per heavy atom. The fourth-order valence-corrected chi connectivity index (χ4v) is 1.50. The summed E-state index contributed by atoms with van der Waals surface area (Å²) in [4.78, 5) is 10.4. The van der Waals surface area contributed by atoms with Gasteiger partial charge in [0, 0.05) is 24.3 Å². The summed E-state index contributed by atoms with van der Waals surface area (Å²) in [6, 6.07) is 0.424. The van der Waals surface area contributed by atoms with Gasteiger partial charge in [0.15, 0.2) is 0 Å². The highest BCUT2D eigenvalue weighted by Crippen LogP contribution is 2.18. The quantitative estimate of drug-likeness (QED) is 0.794. The zero-order chi connectivity index (χ0) is 10.7. The van der Waals surface area contributed by atoms with Crippen molar-refractivity contribution in [1.82, 2.24) is 9.97 Å². The summed E-state index contributed by atoms with van der Waals surface area (Å²) < 4.78 is 0. The van der Waals surface area contributed by atoms with Crippen molar-refractivity contribution in [3.8, 4) is 0 Å². The minimum absolute atomic E-state index is 0.338. The van der Waals surface area contributed by atoms with E-state index in [0.717, 1.165) is 17.9 Å². The molecule has 0 saturated carbocycles. The molecule has 0 aliphatic heterocycles. The van der Waals surface area contributed by atoms with E-state index in [4.69, 9.17) is 5.73 Å². The van der Waals surface area contributed by atoms with Crippen molar-refractivity contribution in [3.63, 3.8) is 0 Å². The molecule has 4 nitrogen and oxygen atoms in total. The van der Waals surface area contributed by atoms with E-state index in [-0.39, 0.29) is 0 Å². The lowest BCUT2D eigenvalue weighted by atomic mass is 10.2. The molecule has 0 spiro atoms. The molecule has 1 rings (SSSR count). The summed E-state index contributed by atoms with van der Waals surface area (Å²) in [6.45, 7) is 9.31. The van der Waals surface area contributed by atoms with Crippen molar-refractivity contribution in [2.75, 3.05) is 17.2 Å². The molecule has 0 bridgehead atoms. The first kappa shape index (κ1) is 10.8. The molecule has 1 heterocycles. The van der Waals surface area contributed by atoms with Crippen LogP contribution in [0.15, 0.2) is 6.20 Å². The second-order valence-electron chi connectivity index (χ2n) is 3.61. The summed E-state index contributed by atoms with van der Waals surface area (Å²) in [5, 5.41) is 0. The van der Waals surface area contributed by atoms with Crippen molar-refractivity contribution < 1.29 is 0 Å². The number of hydrogen-bond acceptors (Lipinski definition) is 4. The number of rotatable bonds is 3. The van der Waals surface area contributed by atoms with Gasteiger partial charge >= 0.3 is 0 Å². The van der Waals surface area contributed by atoms with Gasteiger partial charge in [0.2, 0.25) is 5.95 Å². The van der Waals surface area contributed by atoms with Gasteiger partial charge in [0.25, 0.3) is 0 Å². The van der Waals surface area contributed by atoms with Gasteiger partial charge in [0.05, 0.1) is 0 Å². The number of nitrogens with zero attached hydrogens (tertiary/aromatic N) is 3. The molecule has 0 aliphatic carbocycles. The average molecular weight is 194 g/mol. The summed E-state index contributed by atoms with van der Waals surface area (Å²) in [5.74, 6) is 1.28. The Balaban J connectivity index is 3.08. The lowest BCUT2D eigenvalue weighted by Crippen LogP contribution is -2.32. The molecule has 1 aromatic rings. The van der Waals surface area contributed by atoms with Crippen LogP contribution >= 0.6 is 0 Å². The van der Waals surface area contributed by atoms with Gasteiger partial charge in [-0.15, -0.1) is 0 Å². The number of nitrogen functional groups attached to an aromatic ring is 1. The van der Waals surface area contributed by atoms with Gasteiger partial charge in [-0.05, 0) is 27.7 Å². The molecule has 4 heteroatoms. The maximum atomic E-state index is 5.57. The van der Waals surface area contributed by atoms with Gasteiger partial charge in [-0.1, -0.05) is 0 Å². The van der Waals surface area contributed by atoms with Crippen molar-refractivity contribution in [2.45, 2.75) is 33.7 Å². The molecule has 0 radical (unpaired) electrons. The van der Waals surface area contributed by atoms with Crippen molar-refractivity contribution in [3.05, 3.63) is 11.8 Å². The molecule has 0 amide bonds. The van der Waals surface area contributed by atoms with E-state index >= 15 is 0 Å². The summed E-state index contributed by atoms with van der Waals surface area (Å²) in [7, 11) is 0. The minimum Gasteiger partial charge on any atom is -0.368 e. The second-order valence-corrected chi connectivity index (χ2v) is 3.61. The zero-order valence-electron chi connectivity index (χ0n) is 9.28. The highest BCUT2D eigenvalue weighted by atomic mass is 15.2. The van der Waals surface area contributed by atoms with Crippen LogP contribution in [0.25, 0.3) is 0 Å². The molecule has 0 fully saturated rings. The van der Waals surface area contributed by atoms with E-state index in [1.165, 1.54) is 0 Å². The Labute approximate surface area is 85.2 Å². The molecule has 2 N–H and O–H groups in total. The molecule has 0 aromatic carbocycles. The van der Waals surface area contributed by atoms with Crippen molar-refractivity contribution in [1.29, 1.82) is 0 Å². The minimum atomic E-state index is 0.338. The van der Waals surface area contributed by atoms with Crippen LogP contribution < -0.4 is 10.6 Å². The Morgan fingerprint density at radius 1 is 1.50 bits per heavy atom. The smallest absolute Gasteiger partial charge is 0.221 e. The van der Waals surface area contributed by atoms with Crippen LogP contribution in [0.4, 0.5) is 11.8 Å². The Bertz CT molecular complexity index is 309. The van der Waals surface area contributed by atoms with Gasteiger partial charge in [-0.2, -0.15) is 4.98 Å². The molecule has 78 valence electrons. The predicted molar refractivity (Wildman–Crippen MR) is 59.3 cm³/mol. The van der Waals surface area contributed by atoms with Crippen LogP contribution in [0.5, 0.6) is 0 Å². The maximum absolute atomic E-state index is 5.57. The normalized spacial score (nSPS) is 10.6. The third kappa shape index (κ3) is 2.13. The average Bonchev–Trinajstić information content (AvgIpc) is 2.11. The number of aromatic nitrogens is 2. The lowest BCUT2D eigenvalue weighted by Gasteiger charge is -2.27. The third-order valence-corrected chi connectivity index (χ3v) is 2.20. The molecule has 14 heavy (non-hydrogen) atoms. The summed E-state index contributed by atoms with van der Waals surface area (Å²) in [6.07, 6.45) is 1.77. The molecule has 0 saturated heterocycles. The Hall–Kier alpha value is -1.32. The van der Waals surface area contributed by atoms with Crippen LogP contribution in [-0.2, 0) is 0 Å². The molecule has 0 aliphatic rings. The van der Waals surface area contributed by atoms with E-state index < -0.39 is 0 Å². The van der Waals surface area contributed by atoms with Gasteiger partial charge in [-0.25, -0.2) is 4.98 Å². The van der Waals surface area contributed by atoms with Gasteiger partial charge < -0.3 is 10.6 Å². The molecule has 0 atom stereocenters. The van der Waals surface area contributed by atoms with E-state index in [2.05, 4.69) is 35.6 Å². The fourth-order valence-electron chi connectivity index (χ4n) is 1.50. The highest BCUT2D eigenvalue weighted by Gasteiger charge is 2.12. The van der Waals surface area contributed by atoms with Crippen LogP contribution in [0, 0.1) is 6.92 Å². The van der Waals surface area contributed by atoms with Crippen molar-refractivity contribution >= 4 is 11.8 Å². The first-order chi connectivity index (χ1) is 6.56. The van der Waals surface area contributed by atoms with Crippen molar-refractivity contribution in [2.24, 2.45) is 0 Å². The first-order valence-corrected chi connectivity index (χ1v) is 4.92. The maximum Gasteiger partial charge on any atom is 0.221 e. The zero-order valence-corrected chi connectivity index (χ0v) is 9.28. The summed E-state index contributed by atoms with van der Waals surface area (Å²) in [5.41, 5.74) is 6.64. The van der Waals surface area contributed by atoms with E-state index in [9.17, 15) is 0 Å². The molecular formula is C10H18N4. The van der Waals surface area contributed by atoms with Crippen LogP contribution in [-0.4, -0.2) is 22.6 Å². The van der Waals surface area contributed by atoms with Crippen LogP contribution in [0.2, 0.25) is 0 Å². The Morgan fingerprint density at radius 2 is 2.14 bits per heavy atom. The van der Waals surface area contributed by atoms with Crippen LogP contribution in [0.1, 0.15) is 26.3 Å². The van der Waals surface area contributed by atoms with Gasteiger partial charge in [0.1, 0.15) is 5.82 Å². The molecular weight excluding hydrogens is 176 g/mol. The largest absolute Gasteiger partial charge is 0.368 e. The Kier molecular flexibility index (Phi) is 3.28. The number of nitrogens with two attached hydrogens (primary N) is 1. The second kappa shape index (κ2) is 4.26.